The molecule has 132 valence electrons. The SMILES string of the molecule is C#CC(Cc1ccc(C(C)(C)F)cc1C(C)C)C(CC)=NCCC. The molecule has 0 spiro atoms. The summed E-state index contributed by atoms with van der Waals surface area (Å²) in [5, 5.41) is 0. The number of halogens is 1. The first-order chi connectivity index (χ1) is 11.2. The Morgan fingerprint density at radius 2 is 1.96 bits per heavy atom. The van der Waals surface area contributed by atoms with E-state index in [4.69, 9.17) is 6.42 Å². The van der Waals surface area contributed by atoms with Gasteiger partial charge in [-0.3, -0.25) is 4.99 Å². The first kappa shape index (κ1) is 20.4. The van der Waals surface area contributed by atoms with Gasteiger partial charge in [0.25, 0.3) is 0 Å². The molecule has 0 saturated carbocycles. The van der Waals surface area contributed by atoms with Crippen LogP contribution in [0.3, 0.4) is 0 Å². The fraction of sp³-hybridized carbons (Fsp3) is 0.591. The topological polar surface area (TPSA) is 12.4 Å². The summed E-state index contributed by atoms with van der Waals surface area (Å²) in [5.74, 6) is 3.27. The molecule has 2 heteroatoms. The van der Waals surface area contributed by atoms with E-state index in [-0.39, 0.29) is 5.92 Å². The third-order valence-corrected chi connectivity index (χ3v) is 4.38. The number of terminal acetylenes is 1. The van der Waals surface area contributed by atoms with Crippen LogP contribution in [-0.2, 0) is 12.1 Å². The van der Waals surface area contributed by atoms with Crippen molar-refractivity contribution in [2.75, 3.05) is 6.54 Å². The molecule has 1 rings (SSSR count). The maximum Gasteiger partial charge on any atom is 0.130 e. The minimum atomic E-state index is -1.33. The summed E-state index contributed by atoms with van der Waals surface area (Å²) in [7, 11) is 0. The van der Waals surface area contributed by atoms with E-state index in [1.807, 2.05) is 18.2 Å². The highest BCUT2D eigenvalue weighted by Gasteiger charge is 2.22. The molecule has 24 heavy (non-hydrogen) atoms. The van der Waals surface area contributed by atoms with Crippen LogP contribution in [0.4, 0.5) is 4.39 Å². The number of rotatable bonds is 8. The van der Waals surface area contributed by atoms with Gasteiger partial charge in [-0.1, -0.05) is 51.8 Å². The van der Waals surface area contributed by atoms with Gasteiger partial charge >= 0.3 is 0 Å². The molecular formula is C22H32FN. The van der Waals surface area contributed by atoms with Crippen molar-refractivity contribution in [1.29, 1.82) is 0 Å². The summed E-state index contributed by atoms with van der Waals surface area (Å²) < 4.78 is 14.3. The second-order valence-electron chi connectivity index (χ2n) is 7.19. The average Bonchev–Trinajstić information content (AvgIpc) is 2.53. The third kappa shape index (κ3) is 5.48. The molecular weight excluding hydrogens is 297 g/mol. The zero-order chi connectivity index (χ0) is 18.3. The lowest BCUT2D eigenvalue weighted by Gasteiger charge is -2.22. The quantitative estimate of drug-likeness (QED) is 0.405. The second kappa shape index (κ2) is 9.02. The van der Waals surface area contributed by atoms with Gasteiger partial charge in [-0.2, -0.15) is 0 Å². The van der Waals surface area contributed by atoms with Crippen LogP contribution in [0.1, 0.15) is 77.0 Å². The lowest BCUT2D eigenvalue weighted by atomic mass is 9.85. The Kier molecular flexibility index (Phi) is 7.67. The molecule has 0 heterocycles. The Morgan fingerprint density at radius 1 is 1.29 bits per heavy atom. The number of alkyl halides is 1. The molecule has 0 saturated heterocycles. The van der Waals surface area contributed by atoms with Crippen LogP contribution < -0.4 is 0 Å². The summed E-state index contributed by atoms with van der Waals surface area (Å²) >= 11 is 0. The molecule has 0 bridgehead atoms. The third-order valence-electron chi connectivity index (χ3n) is 4.38. The van der Waals surface area contributed by atoms with E-state index in [0.29, 0.717) is 5.92 Å². The summed E-state index contributed by atoms with van der Waals surface area (Å²) in [6.07, 6.45) is 8.48. The second-order valence-corrected chi connectivity index (χ2v) is 7.19. The van der Waals surface area contributed by atoms with E-state index in [2.05, 4.69) is 38.6 Å². The van der Waals surface area contributed by atoms with Crippen molar-refractivity contribution in [3.8, 4) is 12.3 Å². The molecule has 1 atom stereocenters. The molecule has 1 nitrogen and oxygen atoms in total. The molecule has 0 radical (unpaired) electrons. The Bertz CT molecular complexity index is 599. The highest BCUT2D eigenvalue weighted by atomic mass is 19.1. The van der Waals surface area contributed by atoms with Gasteiger partial charge in [0, 0.05) is 12.3 Å². The number of hydrogen-bond donors (Lipinski definition) is 0. The Morgan fingerprint density at radius 3 is 2.42 bits per heavy atom. The largest absolute Gasteiger partial charge is 0.293 e. The van der Waals surface area contributed by atoms with E-state index in [0.717, 1.165) is 37.1 Å². The number of nitrogens with zero attached hydrogens (tertiary/aromatic N) is 1. The highest BCUT2D eigenvalue weighted by Crippen LogP contribution is 2.30. The number of hydrogen-bond acceptors (Lipinski definition) is 1. The van der Waals surface area contributed by atoms with Crippen molar-refractivity contribution in [3.05, 3.63) is 34.9 Å². The fourth-order valence-electron chi connectivity index (χ4n) is 2.90. The molecule has 0 aliphatic carbocycles. The van der Waals surface area contributed by atoms with Crippen LogP contribution in [0.25, 0.3) is 0 Å². The Hall–Kier alpha value is -1.62. The zero-order valence-corrected chi connectivity index (χ0v) is 16.1. The van der Waals surface area contributed by atoms with E-state index in [9.17, 15) is 4.39 Å². The van der Waals surface area contributed by atoms with E-state index in [1.165, 1.54) is 11.1 Å². The monoisotopic (exact) mass is 329 g/mol. The molecule has 1 aromatic rings. The van der Waals surface area contributed by atoms with Crippen molar-refractivity contribution < 1.29 is 4.39 Å². The number of aliphatic imine (C=N–C) groups is 1. The van der Waals surface area contributed by atoms with Crippen molar-refractivity contribution >= 4 is 5.71 Å². The lowest BCUT2D eigenvalue weighted by Crippen LogP contribution is -2.17. The van der Waals surface area contributed by atoms with Gasteiger partial charge in [-0.25, -0.2) is 4.39 Å². The van der Waals surface area contributed by atoms with Crippen molar-refractivity contribution in [2.24, 2.45) is 10.9 Å². The summed E-state index contributed by atoms with van der Waals surface area (Å²) in [6.45, 7) is 12.5. The molecule has 1 aromatic carbocycles. The first-order valence-corrected chi connectivity index (χ1v) is 9.06. The minimum absolute atomic E-state index is 0.0169. The fourth-order valence-corrected chi connectivity index (χ4v) is 2.90. The molecule has 0 aliphatic heterocycles. The molecule has 1 unspecified atom stereocenters. The maximum absolute atomic E-state index is 14.3. The predicted octanol–water partition coefficient (Wildman–Crippen LogP) is 6.07. The zero-order valence-electron chi connectivity index (χ0n) is 16.1. The summed E-state index contributed by atoms with van der Waals surface area (Å²) in [6, 6.07) is 5.94. The van der Waals surface area contributed by atoms with Crippen LogP contribution in [-0.4, -0.2) is 12.3 Å². The van der Waals surface area contributed by atoms with Crippen LogP contribution in [0.15, 0.2) is 23.2 Å². The number of benzene rings is 1. The normalized spacial score (nSPS) is 13.9. The van der Waals surface area contributed by atoms with Gasteiger partial charge < -0.3 is 0 Å². The van der Waals surface area contributed by atoms with Gasteiger partial charge in [0.2, 0.25) is 0 Å². The average molecular weight is 330 g/mol. The van der Waals surface area contributed by atoms with Crippen LogP contribution >= 0.6 is 0 Å². The summed E-state index contributed by atoms with van der Waals surface area (Å²) in [4.78, 5) is 4.67. The Labute approximate surface area is 147 Å². The molecule has 0 N–H and O–H groups in total. The van der Waals surface area contributed by atoms with Gasteiger partial charge in [-0.15, -0.1) is 6.42 Å². The van der Waals surface area contributed by atoms with E-state index < -0.39 is 5.67 Å². The highest BCUT2D eigenvalue weighted by molar-refractivity contribution is 5.89. The first-order valence-electron chi connectivity index (χ1n) is 9.06. The van der Waals surface area contributed by atoms with Crippen molar-refractivity contribution in [1.82, 2.24) is 0 Å². The van der Waals surface area contributed by atoms with Crippen LogP contribution in [0.2, 0.25) is 0 Å². The van der Waals surface area contributed by atoms with Gasteiger partial charge in [0.05, 0.1) is 5.92 Å². The van der Waals surface area contributed by atoms with Crippen LogP contribution in [0, 0.1) is 18.3 Å². The van der Waals surface area contributed by atoms with E-state index in [1.54, 1.807) is 13.8 Å². The van der Waals surface area contributed by atoms with Crippen molar-refractivity contribution in [3.63, 3.8) is 0 Å². The van der Waals surface area contributed by atoms with Gasteiger partial charge in [0.15, 0.2) is 0 Å². The van der Waals surface area contributed by atoms with Crippen LogP contribution in [0.5, 0.6) is 0 Å². The van der Waals surface area contributed by atoms with Gasteiger partial charge in [0.1, 0.15) is 5.67 Å². The Balaban J connectivity index is 3.19. The minimum Gasteiger partial charge on any atom is -0.293 e. The van der Waals surface area contributed by atoms with E-state index >= 15 is 0 Å². The molecule has 0 fully saturated rings. The summed E-state index contributed by atoms with van der Waals surface area (Å²) in [5.41, 5.74) is 2.89. The van der Waals surface area contributed by atoms with Gasteiger partial charge in [-0.05, 0) is 55.7 Å². The maximum atomic E-state index is 14.3. The molecule has 0 aliphatic rings. The molecule has 0 aromatic heterocycles. The smallest absolute Gasteiger partial charge is 0.130 e. The van der Waals surface area contributed by atoms with Crippen molar-refractivity contribution in [2.45, 2.75) is 72.4 Å². The standard InChI is InChI=1S/C22H32FN/c1-8-13-24-21(10-3)17(9-2)14-18-11-12-19(22(6,7)23)15-20(18)16(4)5/h2,11-12,15-17H,8,10,13-14H2,1,3-7H3. The predicted molar refractivity (Wildman–Crippen MR) is 104 cm³/mol. The lowest BCUT2D eigenvalue weighted by molar-refractivity contribution is 0.221. The molecule has 0 amide bonds.